The van der Waals surface area contributed by atoms with Gasteiger partial charge in [-0.2, -0.15) is 4.37 Å². The van der Waals surface area contributed by atoms with Crippen molar-refractivity contribution >= 4 is 29.3 Å². The molecule has 1 aromatic heterocycles. The van der Waals surface area contributed by atoms with Crippen LogP contribution in [0.3, 0.4) is 0 Å². The first kappa shape index (κ1) is 15.7. The van der Waals surface area contributed by atoms with Crippen LogP contribution in [0.1, 0.15) is 40.0 Å². The first-order valence-electron chi connectivity index (χ1n) is 6.94. The molecule has 2 unspecified atom stereocenters. The van der Waals surface area contributed by atoms with Crippen LogP contribution in [0, 0.1) is 0 Å². The molecule has 1 aliphatic rings. The number of nitrogens with one attached hydrogen (secondary N) is 1. The number of rotatable bonds is 6. The average molecular weight is 315 g/mol. The maximum atomic E-state index is 12.3. The molecule has 112 valence electrons. The van der Waals surface area contributed by atoms with Gasteiger partial charge in [0.2, 0.25) is 0 Å². The van der Waals surface area contributed by atoms with Gasteiger partial charge in [-0.05, 0) is 51.6 Å². The van der Waals surface area contributed by atoms with E-state index in [0.29, 0.717) is 11.9 Å². The fraction of sp³-hybridized carbons (Fsp3) is 0.769. The number of ether oxygens (including phenoxy) is 1. The van der Waals surface area contributed by atoms with Gasteiger partial charge < -0.3 is 4.74 Å². The van der Waals surface area contributed by atoms with Crippen molar-refractivity contribution in [3.63, 3.8) is 0 Å². The molecule has 1 fully saturated rings. The highest BCUT2D eigenvalue weighted by molar-refractivity contribution is 8.01. The van der Waals surface area contributed by atoms with E-state index < -0.39 is 5.54 Å². The van der Waals surface area contributed by atoms with Crippen molar-refractivity contribution in [1.82, 2.24) is 14.7 Å². The summed E-state index contributed by atoms with van der Waals surface area (Å²) in [6.07, 6.45) is 4.17. The smallest absolute Gasteiger partial charge is 0.326 e. The van der Waals surface area contributed by atoms with Crippen LogP contribution < -0.4 is 5.32 Å². The lowest BCUT2D eigenvalue weighted by Gasteiger charge is -2.30. The Labute approximate surface area is 128 Å². The lowest BCUT2D eigenvalue weighted by atomic mass is 9.96. The summed E-state index contributed by atoms with van der Waals surface area (Å²) >= 11 is 3.13. The number of carbonyl (C=O) groups excluding carboxylic acids is 1. The van der Waals surface area contributed by atoms with E-state index in [1.807, 2.05) is 6.92 Å². The Morgan fingerprint density at radius 2 is 2.50 bits per heavy atom. The Bertz CT molecular complexity index is 439. The lowest BCUT2D eigenvalue weighted by Crippen LogP contribution is -2.54. The van der Waals surface area contributed by atoms with E-state index in [0.717, 1.165) is 23.6 Å². The number of thioether (sulfide) groups is 1. The van der Waals surface area contributed by atoms with Gasteiger partial charge in [0.25, 0.3) is 0 Å². The third-order valence-corrected chi connectivity index (χ3v) is 5.33. The van der Waals surface area contributed by atoms with Gasteiger partial charge in [-0.25, -0.2) is 4.98 Å². The lowest BCUT2D eigenvalue weighted by molar-refractivity contribution is -0.151. The number of hydrogen-bond donors (Lipinski definition) is 1. The molecule has 0 spiro atoms. The van der Waals surface area contributed by atoms with Gasteiger partial charge in [-0.15, -0.1) is 0 Å². The van der Waals surface area contributed by atoms with Crippen molar-refractivity contribution in [2.24, 2.45) is 0 Å². The Morgan fingerprint density at radius 1 is 1.70 bits per heavy atom. The van der Waals surface area contributed by atoms with Crippen molar-refractivity contribution in [3.8, 4) is 0 Å². The minimum atomic E-state index is -0.535. The Morgan fingerprint density at radius 3 is 3.10 bits per heavy atom. The molecule has 2 rings (SSSR count). The van der Waals surface area contributed by atoms with Gasteiger partial charge in [0.05, 0.1) is 6.61 Å². The van der Waals surface area contributed by atoms with E-state index in [1.54, 1.807) is 18.1 Å². The standard InChI is InChI=1S/C13H21N3O2S2/c1-4-18-11(17)13(16-9(2)3)6-5-10(7-13)19-12-14-8-15-20-12/h8-10,16H,4-7H2,1-3H3. The molecule has 2 atom stereocenters. The summed E-state index contributed by atoms with van der Waals surface area (Å²) in [6.45, 7) is 6.40. The molecule has 1 saturated carbocycles. The predicted octanol–water partition coefficient (Wildman–Crippen LogP) is 2.48. The highest BCUT2D eigenvalue weighted by atomic mass is 32.2. The minimum absolute atomic E-state index is 0.117. The van der Waals surface area contributed by atoms with E-state index >= 15 is 0 Å². The first-order chi connectivity index (χ1) is 9.55. The van der Waals surface area contributed by atoms with Crippen LogP contribution in [-0.2, 0) is 9.53 Å². The maximum absolute atomic E-state index is 12.3. The van der Waals surface area contributed by atoms with E-state index in [4.69, 9.17) is 4.74 Å². The third kappa shape index (κ3) is 3.71. The second-order valence-corrected chi connectivity index (χ2v) is 7.62. The van der Waals surface area contributed by atoms with Crippen LogP contribution in [0.25, 0.3) is 0 Å². The molecule has 5 nitrogen and oxygen atoms in total. The van der Waals surface area contributed by atoms with Gasteiger partial charge in [0.15, 0.2) is 4.34 Å². The molecule has 0 bridgehead atoms. The number of hydrogen-bond acceptors (Lipinski definition) is 7. The molecule has 1 heterocycles. The molecular formula is C13H21N3O2S2. The number of esters is 1. The zero-order chi connectivity index (χ0) is 14.6. The summed E-state index contributed by atoms with van der Waals surface area (Å²) in [5, 5.41) is 3.82. The minimum Gasteiger partial charge on any atom is -0.465 e. The van der Waals surface area contributed by atoms with Gasteiger partial charge >= 0.3 is 5.97 Å². The van der Waals surface area contributed by atoms with Gasteiger partial charge in [-0.3, -0.25) is 10.1 Å². The zero-order valence-corrected chi connectivity index (χ0v) is 13.7. The molecule has 0 amide bonds. The van der Waals surface area contributed by atoms with Crippen LogP contribution >= 0.6 is 23.3 Å². The normalized spacial score (nSPS) is 26.1. The topological polar surface area (TPSA) is 64.1 Å². The molecule has 7 heteroatoms. The second-order valence-electron chi connectivity index (χ2n) is 5.29. The van der Waals surface area contributed by atoms with E-state index in [-0.39, 0.29) is 12.0 Å². The molecular weight excluding hydrogens is 294 g/mol. The number of carbonyl (C=O) groups is 1. The van der Waals surface area contributed by atoms with Crippen molar-refractivity contribution in [3.05, 3.63) is 6.33 Å². The average Bonchev–Trinajstić information content (AvgIpc) is 3.00. The van der Waals surface area contributed by atoms with E-state index in [2.05, 4.69) is 28.5 Å². The first-order valence-corrected chi connectivity index (χ1v) is 8.59. The fourth-order valence-corrected chi connectivity index (χ4v) is 4.64. The molecule has 1 N–H and O–H groups in total. The van der Waals surface area contributed by atoms with Crippen LogP contribution in [0.5, 0.6) is 0 Å². The summed E-state index contributed by atoms with van der Waals surface area (Å²) in [7, 11) is 0. The monoisotopic (exact) mass is 315 g/mol. The summed E-state index contributed by atoms with van der Waals surface area (Å²) in [5.41, 5.74) is -0.535. The van der Waals surface area contributed by atoms with Crippen LogP contribution in [0.4, 0.5) is 0 Å². The SMILES string of the molecule is CCOC(=O)C1(NC(C)C)CCC(Sc2ncns2)C1. The second kappa shape index (κ2) is 6.87. The van der Waals surface area contributed by atoms with Crippen molar-refractivity contribution < 1.29 is 9.53 Å². The number of nitrogens with zero attached hydrogens (tertiary/aromatic N) is 2. The van der Waals surface area contributed by atoms with Gasteiger partial charge in [0, 0.05) is 11.3 Å². The predicted molar refractivity (Wildman–Crippen MR) is 81.0 cm³/mol. The van der Waals surface area contributed by atoms with Crippen molar-refractivity contribution in [1.29, 1.82) is 0 Å². The van der Waals surface area contributed by atoms with Gasteiger partial charge in [-0.1, -0.05) is 11.8 Å². The van der Waals surface area contributed by atoms with Gasteiger partial charge in [0.1, 0.15) is 11.9 Å². The molecule has 1 aliphatic carbocycles. The molecule has 0 aromatic carbocycles. The van der Waals surface area contributed by atoms with Crippen LogP contribution in [0.15, 0.2) is 10.7 Å². The Balaban J connectivity index is 2.04. The molecule has 1 aromatic rings. The highest BCUT2D eigenvalue weighted by Crippen LogP contribution is 2.41. The van der Waals surface area contributed by atoms with E-state index in [9.17, 15) is 4.79 Å². The molecule has 0 radical (unpaired) electrons. The summed E-state index contributed by atoms with van der Waals surface area (Å²) in [5.74, 6) is -0.117. The third-order valence-electron chi connectivity index (χ3n) is 3.31. The quantitative estimate of drug-likeness (QED) is 0.814. The highest BCUT2D eigenvalue weighted by Gasteiger charge is 2.47. The Hall–Kier alpha value is -0.660. The Kier molecular flexibility index (Phi) is 5.40. The van der Waals surface area contributed by atoms with Crippen molar-refractivity contribution in [2.75, 3.05) is 6.61 Å². The molecule has 20 heavy (non-hydrogen) atoms. The van der Waals surface area contributed by atoms with Crippen LogP contribution in [-0.4, -0.2) is 38.8 Å². The largest absolute Gasteiger partial charge is 0.465 e. The van der Waals surface area contributed by atoms with E-state index in [1.165, 1.54) is 11.5 Å². The maximum Gasteiger partial charge on any atom is 0.326 e. The summed E-state index contributed by atoms with van der Waals surface area (Å²) < 4.78 is 10.3. The van der Waals surface area contributed by atoms with Crippen LogP contribution in [0.2, 0.25) is 0 Å². The fourth-order valence-electron chi connectivity index (χ4n) is 2.66. The number of aromatic nitrogens is 2. The molecule has 0 saturated heterocycles. The summed E-state index contributed by atoms with van der Waals surface area (Å²) in [6, 6.07) is 0.254. The van der Waals surface area contributed by atoms with Crippen molar-refractivity contribution in [2.45, 2.75) is 61.2 Å². The zero-order valence-electron chi connectivity index (χ0n) is 12.1. The molecule has 0 aliphatic heterocycles. The summed E-state index contributed by atoms with van der Waals surface area (Å²) in [4.78, 5) is 16.5.